The van der Waals surface area contributed by atoms with Gasteiger partial charge in [0.2, 0.25) is 11.8 Å². The third-order valence-electron chi connectivity index (χ3n) is 10.8. The predicted octanol–water partition coefficient (Wildman–Crippen LogP) is 4.84. The number of carboxylic acids is 1. The molecular weight excluding hydrogens is 664 g/mol. The highest BCUT2D eigenvalue weighted by Crippen LogP contribution is 2.46. The maximum absolute atomic E-state index is 14.5. The molecule has 2 saturated carbocycles. The maximum atomic E-state index is 14.5. The van der Waals surface area contributed by atoms with E-state index in [2.05, 4.69) is 10.6 Å². The van der Waals surface area contributed by atoms with Crippen LogP contribution in [0, 0.1) is 5.92 Å². The maximum Gasteiger partial charge on any atom is 0.408 e. The molecule has 0 bridgehead atoms. The van der Waals surface area contributed by atoms with Crippen LogP contribution in [0.5, 0.6) is 0 Å². The van der Waals surface area contributed by atoms with Gasteiger partial charge in [0.05, 0.1) is 6.04 Å². The number of amides is 3. The van der Waals surface area contributed by atoms with E-state index in [1.165, 1.54) is 4.90 Å². The van der Waals surface area contributed by atoms with Crippen LogP contribution in [0.1, 0.15) is 76.7 Å². The molecule has 3 fully saturated rings. The third-order valence-corrected chi connectivity index (χ3v) is 10.8. The minimum atomic E-state index is -1.63. The molecule has 2 aromatic carbocycles. The average molecular weight is 709 g/mol. The second-order valence-electron chi connectivity index (χ2n) is 14.3. The number of Topliss-reactive ketones (excluding diaryl/α,β-unsaturated/α-hetero) is 1. The monoisotopic (exact) mass is 708 g/mol. The van der Waals surface area contributed by atoms with Crippen molar-refractivity contribution >= 4 is 29.7 Å². The molecule has 3 N–H and O–H groups in total. The van der Waals surface area contributed by atoms with Gasteiger partial charge in [-0.2, -0.15) is 15.0 Å². The van der Waals surface area contributed by atoms with Crippen LogP contribution in [0.2, 0.25) is 0 Å². The molecule has 4 aliphatic rings. The molecule has 3 heterocycles. The van der Waals surface area contributed by atoms with Gasteiger partial charge in [-0.25, -0.2) is 9.59 Å². The van der Waals surface area contributed by atoms with Gasteiger partial charge >= 0.3 is 12.1 Å². The Morgan fingerprint density at radius 1 is 0.865 bits per heavy atom. The van der Waals surface area contributed by atoms with Gasteiger partial charge < -0.3 is 25.4 Å². The quantitative estimate of drug-likeness (QED) is 0.229. The highest BCUT2D eigenvalue weighted by Gasteiger charge is 2.62. The molecule has 13 heteroatoms. The molecule has 2 aliphatic carbocycles. The Bertz CT molecular complexity index is 1780. The number of carboxylic acid groups (broad SMARTS) is 1. The van der Waals surface area contributed by atoms with Crippen LogP contribution in [0.15, 0.2) is 72.8 Å². The summed E-state index contributed by atoms with van der Waals surface area (Å²) in [5.74, 6) is -4.28. The molecule has 5 atom stereocenters. The summed E-state index contributed by atoms with van der Waals surface area (Å²) in [4.78, 5) is 69.9. The molecule has 272 valence electrons. The van der Waals surface area contributed by atoms with Gasteiger partial charge in [0.15, 0.2) is 0 Å². The van der Waals surface area contributed by atoms with Gasteiger partial charge in [-0.05, 0) is 51.4 Å². The van der Waals surface area contributed by atoms with Crippen molar-refractivity contribution in [2.75, 3.05) is 6.54 Å². The fraction of sp³-hybridized carbons (Fsp3) is 0.462. The summed E-state index contributed by atoms with van der Waals surface area (Å²) in [5, 5.41) is 25.1. The smallest absolute Gasteiger partial charge is 0.408 e. The number of alkyl carbamates (subject to hydrolysis) is 1. The average Bonchev–Trinajstić information content (AvgIpc) is 3.60. The largest absolute Gasteiger partial charge is 0.475 e. The summed E-state index contributed by atoms with van der Waals surface area (Å²) >= 11 is 0. The van der Waals surface area contributed by atoms with E-state index in [4.69, 9.17) is 14.9 Å². The first kappa shape index (κ1) is 35.1. The number of benzene rings is 2. The number of fused-ring (bicyclic) bond motifs is 2. The SMILES string of the molecule is O=C(N[C@H]1CCCCCC=C[C@@H]2C[C@@]2(C(=O)C(=O)O)NC(=O)[C@@H]2C[C@@H](n3nc(-c4ccccc4)c(-c4ccccc4)n3)CN2C1=O)OC1CCCC1. The van der Waals surface area contributed by atoms with E-state index in [1.807, 2.05) is 72.8 Å². The minimum Gasteiger partial charge on any atom is -0.475 e. The molecule has 0 radical (unpaired) electrons. The van der Waals surface area contributed by atoms with E-state index < -0.39 is 59.2 Å². The molecule has 2 aliphatic heterocycles. The minimum absolute atomic E-state index is 0.0487. The van der Waals surface area contributed by atoms with Crippen molar-refractivity contribution < 1.29 is 33.8 Å². The summed E-state index contributed by atoms with van der Waals surface area (Å²) in [6, 6.07) is 16.7. The standard InChI is InChI=1S/C39H44N6O7/c46-34(37(49)50)39-23-27(39)18-10-2-1-3-11-21-30(40-38(51)52-29-19-12-13-20-29)36(48)44-24-28(22-31(44)35(47)41-39)45-42-32(25-14-6-4-7-15-25)33(43-45)26-16-8-5-9-17-26/h4-10,14-18,27-31H,1-3,11-13,19-24H2,(H,40,51)(H,41,47)(H,49,50)/t27-,28-,30+,31+,39-/m1/s1. The van der Waals surface area contributed by atoms with Crippen molar-refractivity contribution in [1.82, 2.24) is 30.5 Å². The normalized spacial score (nSPS) is 26.7. The highest BCUT2D eigenvalue weighted by atomic mass is 16.6. The highest BCUT2D eigenvalue weighted by molar-refractivity contribution is 6.38. The lowest BCUT2D eigenvalue weighted by Crippen LogP contribution is -2.57. The zero-order chi connectivity index (χ0) is 36.2. The number of allylic oxidation sites excluding steroid dienone is 1. The van der Waals surface area contributed by atoms with Crippen LogP contribution in [0.3, 0.4) is 0 Å². The number of aromatic nitrogens is 3. The van der Waals surface area contributed by atoms with Crippen molar-refractivity contribution in [3.8, 4) is 22.5 Å². The molecular formula is C39H44N6O7. The Labute approximate surface area is 301 Å². The summed E-state index contributed by atoms with van der Waals surface area (Å²) in [6.45, 7) is 0.0487. The van der Waals surface area contributed by atoms with Crippen molar-refractivity contribution in [2.24, 2.45) is 5.92 Å². The Balaban J connectivity index is 1.23. The molecule has 3 amide bonds. The molecule has 1 saturated heterocycles. The van der Waals surface area contributed by atoms with E-state index in [1.54, 1.807) is 4.80 Å². The second kappa shape index (κ2) is 15.1. The number of aliphatic carboxylic acids is 1. The van der Waals surface area contributed by atoms with Gasteiger partial charge in [0.1, 0.15) is 35.1 Å². The molecule has 7 rings (SSSR count). The van der Waals surface area contributed by atoms with Gasteiger partial charge in [0.25, 0.3) is 5.78 Å². The first-order valence-electron chi connectivity index (χ1n) is 18.3. The lowest BCUT2D eigenvalue weighted by molar-refractivity contribution is -0.151. The number of nitrogens with one attached hydrogen (secondary N) is 2. The van der Waals surface area contributed by atoms with Crippen LogP contribution in [0.4, 0.5) is 4.79 Å². The summed E-state index contributed by atoms with van der Waals surface area (Å²) in [5.41, 5.74) is 1.38. The first-order valence-corrected chi connectivity index (χ1v) is 18.3. The van der Waals surface area contributed by atoms with E-state index in [-0.39, 0.29) is 25.5 Å². The lowest BCUT2D eigenvalue weighted by Gasteiger charge is -2.29. The third kappa shape index (κ3) is 7.35. The Morgan fingerprint density at radius 2 is 1.50 bits per heavy atom. The molecule has 0 unspecified atom stereocenters. The van der Waals surface area contributed by atoms with Gasteiger partial charge in [0, 0.05) is 30.0 Å². The molecule has 3 aromatic rings. The van der Waals surface area contributed by atoms with E-state index in [0.29, 0.717) is 30.7 Å². The van der Waals surface area contributed by atoms with Crippen molar-refractivity contribution in [3.05, 3.63) is 72.8 Å². The second-order valence-corrected chi connectivity index (χ2v) is 14.3. The molecule has 13 nitrogen and oxygen atoms in total. The Morgan fingerprint density at radius 3 is 2.13 bits per heavy atom. The van der Waals surface area contributed by atoms with Crippen molar-refractivity contribution in [3.63, 3.8) is 0 Å². The van der Waals surface area contributed by atoms with Crippen LogP contribution >= 0.6 is 0 Å². The number of ether oxygens (including phenoxy) is 1. The van der Waals surface area contributed by atoms with Crippen LogP contribution < -0.4 is 10.6 Å². The lowest BCUT2D eigenvalue weighted by atomic mass is 10.0. The number of hydrogen-bond donors (Lipinski definition) is 3. The Hall–Kier alpha value is -5.33. The number of hydrogen-bond acceptors (Lipinski definition) is 8. The fourth-order valence-corrected chi connectivity index (χ4v) is 7.85. The van der Waals surface area contributed by atoms with Crippen LogP contribution in [-0.2, 0) is 23.9 Å². The number of carbonyl (C=O) groups excluding carboxylic acids is 4. The van der Waals surface area contributed by atoms with Gasteiger partial charge in [-0.3, -0.25) is 14.4 Å². The van der Waals surface area contributed by atoms with E-state index >= 15 is 0 Å². The van der Waals surface area contributed by atoms with Gasteiger partial charge in [-0.1, -0.05) is 85.7 Å². The van der Waals surface area contributed by atoms with Crippen molar-refractivity contribution in [1.29, 1.82) is 0 Å². The summed E-state index contributed by atoms with van der Waals surface area (Å²) in [7, 11) is 0. The van der Waals surface area contributed by atoms with Crippen LogP contribution in [-0.4, -0.2) is 84.9 Å². The summed E-state index contributed by atoms with van der Waals surface area (Å²) < 4.78 is 5.67. The van der Waals surface area contributed by atoms with Crippen molar-refractivity contribution in [2.45, 2.75) is 100 Å². The fourth-order valence-electron chi connectivity index (χ4n) is 7.85. The zero-order valence-electron chi connectivity index (χ0n) is 29.0. The van der Waals surface area contributed by atoms with E-state index in [0.717, 1.165) is 49.7 Å². The van der Waals surface area contributed by atoms with Crippen LogP contribution in [0.25, 0.3) is 22.5 Å². The Kier molecular flexibility index (Phi) is 10.2. The number of carbonyl (C=O) groups is 5. The molecule has 1 aromatic heterocycles. The molecule has 0 spiro atoms. The molecule has 52 heavy (non-hydrogen) atoms. The number of rotatable bonds is 7. The van der Waals surface area contributed by atoms with E-state index in [9.17, 15) is 29.1 Å². The first-order chi connectivity index (χ1) is 25.2. The predicted molar refractivity (Wildman–Crippen MR) is 190 cm³/mol. The topological polar surface area (TPSA) is 173 Å². The number of ketones is 1. The summed E-state index contributed by atoms with van der Waals surface area (Å²) in [6.07, 6.45) is 9.92. The van der Waals surface area contributed by atoms with Gasteiger partial charge in [-0.15, -0.1) is 0 Å². The zero-order valence-corrected chi connectivity index (χ0v) is 29.0. The number of nitrogens with zero attached hydrogens (tertiary/aromatic N) is 4.